The van der Waals surface area contributed by atoms with Crippen LogP contribution in [0.3, 0.4) is 0 Å². The first-order valence-corrected chi connectivity index (χ1v) is 5.97. The summed E-state index contributed by atoms with van der Waals surface area (Å²) in [6.07, 6.45) is 3.48. The first kappa shape index (κ1) is 12.0. The SMILES string of the molecule is C=C(CCC)c1ccc(C(C)CC)cc1. The van der Waals surface area contributed by atoms with E-state index in [9.17, 15) is 0 Å². The van der Waals surface area contributed by atoms with Gasteiger partial charge in [-0.15, -0.1) is 0 Å². The molecule has 0 aliphatic carbocycles. The molecular weight excluding hydrogens is 180 g/mol. The van der Waals surface area contributed by atoms with E-state index in [1.54, 1.807) is 0 Å². The van der Waals surface area contributed by atoms with Gasteiger partial charge in [0.25, 0.3) is 0 Å². The van der Waals surface area contributed by atoms with Crippen molar-refractivity contribution < 1.29 is 0 Å². The maximum absolute atomic E-state index is 4.11. The predicted octanol–water partition coefficient (Wildman–Crippen LogP) is 5.01. The van der Waals surface area contributed by atoms with E-state index in [0.29, 0.717) is 5.92 Å². The van der Waals surface area contributed by atoms with E-state index in [0.717, 1.165) is 6.42 Å². The van der Waals surface area contributed by atoms with Gasteiger partial charge in [-0.1, -0.05) is 58.0 Å². The van der Waals surface area contributed by atoms with E-state index >= 15 is 0 Å². The second kappa shape index (κ2) is 5.75. The largest absolute Gasteiger partial charge is 0.0952 e. The minimum Gasteiger partial charge on any atom is -0.0952 e. The number of rotatable bonds is 5. The van der Waals surface area contributed by atoms with Crippen LogP contribution in [0.2, 0.25) is 0 Å². The molecule has 0 nitrogen and oxygen atoms in total. The van der Waals surface area contributed by atoms with E-state index in [2.05, 4.69) is 51.6 Å². The zero-order valence-corrected chi connectivity index (χ0v) is 10.2. The van der Waals surface area contributed by atoms with Crippen LogP contribution in [0, 0.1) is 0 Å². The Kier molecular flexibility index (Phi) is 4.61. The summed E-state index contributed by atoms with van der Waals surface area (Å²) in [7, 11) is 0. The second-order valence-corrected chi connectivity index (χ2v) is 4.28. The Labute approximate surface area is 94.0 Å². The van der Waals surface area contributed by atoms with Crippen molar-refractivity contribution >= 4 is 5.57 Å². The van der Waals surface area contributed by atoms with Crippen molar-refractivity contribution in [2.24, 2.45) is 0 Å². The molecular formula is C15H22. The summed E-state index contributed by atoms with van der Waals surface area (Å²) in [5.41, 5.74) is 3.99. The molecule has 0 amide bonds. The molecule has 0 N–H and O–H groups in total. The molecule has 0 bridgehead atoms. The zero-order valence-electron chi connectivity index (χ0n) is 10.2. The van der Waals surface area contributed by atoms with Crippen LogP contribution in [0.5, 0.6) is 0 Å². The minimum atomic E-state index is 0.665. The van der Waals surface area contributed by atoms with Crippen molar-refractivity contribution in [3.63, 3.8) is 0 Å². The fourth-order valence-corrected chi connectivity index (χ4v) is 1.73. The van der Waals surface area contributed by atoms with Gasteiger partial charge >= 0.3 is 0 Å². The van der Waals surface area contributed by atoms with Gasteiger partial charge in [-0.3, -0.25) is 0 Å². The molecule has 0 aliphatic heterocycles. The lowest BCUT2D eigenvalue weighted by atomic mass is 9.95. The van der Waals surface area contributed by atoms with Gasteiger partial charge < -0.3 is 0 Å². The quantitative estimate of drug-likeness (QED) is 0.629. The third-order valence-electron chi connectivity index (χ3n) is 3.05. The molecule has 0 saturated carbocycles. The highest BCUT2D eigenvalue weighted by atomic mass is 14.1. The predicted molar refractivity (Wildman–Crippen MR) is 69.1 cm³/mol. The average Bonchev–Trinajstić information content (AvgIpc) is 2.28. The maximum Gasteiger partial charge on any atom is -0.0193 e. The monoisotopic (exact) mass is 202 g/mol. The Bertz CT molecular complexity index is 305. The Balaban J connectivity index is 2.76. The van der Waals surface area contributed by atoms with Crippen LogP contribution >= 0.6 is 0 Å². The molecule has 1 unspecified atom stereocenters. The lowest BCUT2D eigenvalue weighted by molar-refractivity contribution is 0.733. The average molecular weight is 202 g/mol. The van der Waals surface area contributed by atoms with Gasteiger partial charge in [-0.25, -0.2) is 0 Å². The molecule has 0 spiro atoms. The molecule has 0 aliphatic rings. The van der Waals surface area contributed by atoms with E-state index < -0.39 is 0 Å². The highest BCUT2D eigenvalue weighted by molar-refractivity contribution is 5.63. The fraction of sp³-hybridized carbons (Fsp3) is 0.467. The molecule has 0 radical (unpaired) electrons. The van der Waals surface area contributed by atoms with Crippen LogP contribution in [0.4, 0.5) is 0 Å². The summed E-state index contributed by atoms with van der Waals surface area (Å²) in [5, 5.41) is 0. The summed E-state index contributed by atoms with van der Waals surface area (Å²) in [6, 6.07) is 8.90. The second-order valence-electron chi connectivity index (χ2n) is 4.28. The molecule has 0 aromatic heterocycles. The molecule has 1 aromatic rings. The Morgan fingerprint density at radius 1 is 1.20 bits per heavy atom. The first-order chi connectivity index (χ1) is 7.19. The van der Waals surface area contributed by atoms with Gasteiger partial charge in [-0.2, -0.15) is 0 Å². The minimum absolute atomic E-state index is 0.665. The van der Waals surface area contributed by atoms with Crippen LogP contribution < -0.4 is 0 Å². The summed E-state index contributed by atoms with van der Waals surface area (Å²) in [6.45, 7) is 10.8. The molecule has 1 atom stereocenters. The lowest BCUT2D eigenvalue weighted by Gasteiger charge is -2.10. The van der Waals surface area contributed by atoms with Crippen molar-refractivity contribution in [2.75, 3.05) is 0 Å². The van der Waals surface area contributed by atoms with E-state index in [1.165, 1.54) is 29.5 Å². The number of allylic oxidation sites excluding steroid dienone is 1. The molecule has 1 rings (SSSR count). The number of hydrogen-bond donors (Lipinski definition) is 0. The molecule has 15 heavy (non-hydrogen) atoms. The molecule has 0 heteroatoms. The maximum atomic E-state index is 4.11. The van der Waals surface area contributed by atoms with Crippen LogP contribution in [-0.2, 0) is 0 Å². The van der Waals surface area contributed by atoms with Crippen LogP contribution in [0.15, 0.2) is 30.8 Å². The summed E-state index contributed by atoms with van der Waals surface area (Å²) < 4.78 is 0. The summed E-state index contributed by atoms with van der Waals surface area (Å²) >= 11 is 0. The van der Waals surface area contributed by atoms with Gasteiger partial charge in [0.2, 0.25) is 0 Å². The summed E-state index contributed by atoms with van der Waals surface area (Å²) in [5.74, 6) is 0.665. The van der Waals surface area contributed by atoms with Crippen LogP contribution in [0.1, 0.15) is 57.1 Å². The molecule has 0 saturated heterocycles. The van der Waals surface area contributed by atoms with Crippen LogP contribution in [-0.4, -0.2) is 0 Å². The number of benzene rings is 1. The smallest absolute Gasteiger partial charge is 0.0193 e. The lowest BCUT2D eigenvalue weighted by Crippen LogP contribution is -1.91. The van der Waals surface area contributed by atoms with Crippen molar-refractivity contribution in [2.45, 2.75) is 46.0 Å². The third-order valence-corrected chi connectivity index (χ3v) is 3.05. The van der Waals surface area contributed by atoms with E-state index in [4.69, 9.17) is 0 Å². The van der Waals surface area contributed by atoms with Gasteiger partial charge in [-0.05, 0) is 35.5 Å². The van der Waals surface area contributed by atoms with Crippen LogP contribution in [0.25, 0.3) is 5.57 Å². The molecule has 0 heterocycles. The Hall–Kier alpha value is -1.04. The topological polar surface area (TPSA) is 0 Å². The Morgan fingerprint density at radius 2 is 1.80 bits per heavy atom. The third kappa shape index (κ3) is 3.23. The summed E-state index contributed by atoms with van der Waals surface area (Å²) in [4.78, 5) is 0. The highest BCUT2D eigenvalue weighted by Gasteiger charge is 2.03. The van der Waals surface area contributed by atoms with Crippen molar-refractivity contribution in [1.82, 2.24) is 0 Å². The first-order valence-electron chi connectivity index (χ1n) is 5.97. The van der Waals surface area contributed by atoms with Gasteiger partial charge in [0.1, 0.15) is 0 Å². The van der Waals surface area contributed by atoms with E-state index in [-0.39, 0.29) is 0 Å². The van der Waals surface area contributed by atoms with Crippen molar-refractivity contribution in [3.8, 4) is 0 Å². The van der Waals surface area contributed by atoms with E-state index in [1.807, 2.05) is 0 Å². The Morgan fingerprint density at radius 3 is 2.27 bits per heavy atom. The normalized spacial score (nSPS) is 12.5. The van der Waals surface area contributed by atoms with Gasteiger partial charge in [0.15, 0.2) is 0 Å². The molecule has 82 valence electrons. The van der Waals surface area contributed by atoms with Crippen molar-refractivity contribution in [3.05, 3.63) is 42.0 Å². The zero-order chi connectivity index (χ0) is 11.3. The molecule has 1 aromatic carbocycles. The standard InChI is InChI=1S/C15H22/c1-5-7-13(4)15-10-8-14(9-11-15)12(3)6-2/h8-12H,4-7H2,1-3H3. The van der Waals surface area contributed by atoms with Crippen molar-refractivity contribution in [1.29, 1.82) is 0 Å². The highest BCUT2D eigenvalue weighted by Crippen LogP contribution is 2.22. The fourth-order valence-electron chi connectivity index (χ4n) is 1.73. The number of hydrogen-bond acceptors (Lipinski definition) is 0. The van der Waals surface area contributed by atoms with Gasteiger partial charge in [0, 0.05) is 0 Å². The van der Waals surface area contributed by atoms with Gasteiger partial charge in [0.05, 0.1) is 0 Å². The molecule has 0 fully saturated rings.